The molecule has 0 amide bonds. The van der Waals surface area contributed by atoms with E-state index in [0.717, 1.165) is 35.5 Å². The second-order valence-electron chi connectivity index (χ2n) is 4.38. The summed E-state index contributed by atoms with van der Waals surface area (Å²) in [5, 5.41) is 3.42. The highest BCUT2D eigenvalue weighted by molar-refractivity contribution is 9.10. The van der Waals surface area contributed by atoms with E-state index in [1.54, 1.807) is 0 Å². The largest absolute Gasteiger partial charge is 0.379 e. The molecule has 0 aromatic carbocycles. The Balaban J connectivity index is 1.97. The topological polar surface area (TPSA) is 29.9 Å². The molecule has 2 rings (SSSR count). The van der Waals surface area contributed by atoms with Crippen molar-refractivity contribution in [1.82, 2.24) is 9.55 Å². The van der Waals surface area contributed by atoms with E-state index < -0.39 is 0 Å². The second kappa shape index (κ2) is 6.05. The van der Waals surface area contributed by atoms with Gasteiger partial charge in [-0.05, 0) is 53.0 Å². The molecule has 3 nitrogen and oxygen atoms in total. The van der Waals surface area contributed by atoms with Crippen LogP contribution in [0.25, 0.3) is 0 Å². The average molecular weight is 308 g/mol. The van der Waals surface area contributed by atoms with E-state index in [1.165, 1.54) is 5.56 Å². The fourth-order valence-corrected chi connectivity index (χ4v) is 2.31. The van der Waals surface area contributed by atoms with Gasteiger partial charge in [0.1, 0.15) is 4.60 Å². The molecule has 0 fully saturated rings. The monoisotopic (exact) mass is 307 g/mol. The van der Waals surface area contributed by atoms with Gasteiger partial charge in [0.25, 0.3) is 0 Å². The fourth-order valence-electron chi connectivity index (χ4n) is 1.91. The van der Waals surface area contributed by atoms with Gasteiger partial charge in [0.15, 0.2) is 0 Å². The minimum absolute atomic E-state index is 0.834. The molecule has 0 spiro atoms. The molecule has 0 unspecified atom stereocenters. The van der Waals surface area contributed by atoms with Crippen molar-refractivity contribution in [1.29, 1.82) is 0 Å². The van der Waals surface area contributed by atoms with Crippen molar-refractivity contribution in [3.05, 3.63) is 46.5 Å². The zero-order valence-electron chi connectivity index (χ0n) is 10.8. The van der Waals surface area contributed by atoms with Gasteiger partial charge in [-0.3, -0.25) is 0 Å². The molecule has 0 aliphatic carbocycles. The Morgan fingerprint density at radius 3 is 2.89 bits per heavy atom. The minimum atomic E-state index is 0.834. The van der Waals surface area contributed by atoms with Crippen molar-refractivity contribution in [3.63, 3.8) is 0 Å². The molecule has 2 aromatic heterocycles. The molecule has 0 atom stereocenters. The van der Waals surface area contributed by atoms with E-state index in [9.17, 15) is 0 Å². The lowest BCUT2D eigenvalue weighted by atomic mass is 10.3. The number of hydrogen-bond acceptors (Lipinski definition) is 2. The molecule has 0 radical (unpaired) electrons. The summed E-state index contributed by atoms with van der Waals surface area (Å²) in [5.41, 5.74) is 3.39. The van der Waals surface area contributed by atoms with Crippen molar-refractivity contribution in [3.8, 4) is 0 Å². The van der Waals surface area contributed by atoms with Gasteiger partial charge in [-0.1, -0.05) is 6.92 Å². The van der Waals surface area contributed by atoms with Gasteiger partial charge >= 0.3 is 0 Å². The highest BCUT2D eigenvalue weighted by atomic mass is 79.9. The summed E-state index contributed by atoms with van der Waals surface area (Å²) < 4.78 is 3.10. The zero-order chi connectivity index (χ0) is 13.0. The number of nitrogens with one attached hydrogen (secondary N) is 1. The second-order valence-corrected chi connectivity index (χ2v) is 5.19. The van der Waals surface area contributed by atoms with Crippen molar-refractivity contribution in [2.24, 2.45) is 0 Å². The molecule has 0 saturated carbocycles. The van der Waals surface area contributed by atoms with Crippen molar-refractivity contribution in [2.45, 2.75) is 33.4 Å². The zero-order valence-corrected chi connectivity index (χ0v) is 12.4. The van der Waals surface area contributed by atoms with Crippen molar-refractivity contribution >= 4 is 21.6 Å². The number of hydrogen-bond donors (Lipinski definition) is 1. The summed E-state index contributed by atoms with van der Waals surface area (Å²) in [6.07, 6.45) is 5.49. The van der Waals surface area contributed by atoms with Crippen LogP contribution in [-0.2, 0) is 13.1 Å². The first-order valence-electron chi connectivity index (χ1n) is 6.20. The number of pyridine rings is 1. The molecule has 2 heterocycles. The first-order valence-corrected chi connectivity index (χ1v) is 7.00. The Bertz CT molecular complexity index is 520. The van der Waals surface area contributed by atoms with Crippen LogP contribution in [0, 0.1) is 6.92 Å². The van der Waals surface area contributed by atoms with Crippen LogP contribution in [0.1, 0.15) is 24.6 Å². The molecule has 0 aliphatic rings. The van der Waals surface area contributed by atoms with Gasteiger partial charge in [0, 0.05) is 25.5 Å². The van der Waals surface area contributed by atoms with Gasteiger partial charge in [-0.25, -0.2) is 4.98 Å². The molecule has 1 N–H and O–H groups in total. The Hall–Kier alpha value is -1.29. The van der Waals surface area contributed by atoms with Gasteiger partial charge in [0.2, 0.25) is 0 Å². The Morgan fingerprint density at radius 2 is 2.17 bits per heavy atom. The summed E-state index contributed by atoms with van der Waals surface area (Å²) in [4.78, 5) is 4.37. The predicted octanol–water partition coefficient (Wildman–Crippen LogP) is 3.98. The molecular weight excluding hydrogens is 290 g/mol. The summed E-state index contributed by atoms with van der Waals surface area (Å²) >= 11 is 3.37. The van der Waals surface area contributed by atoms with Crippen LogP contribution in [0.4, 0.5) is 5.69 Å². The lowest BCUT2D eigenvalue weighted by Crippen LogP contribution is -2.01. The third-order valence-corrected chi connectivity index (χ3v) is 3.27. The standard InChI is InChI=1S/C14H18BrN3/c1-3-7-18-8-6-12(10-18)9-16-13-4-5-14(15)17-11(13)2/h4-6,8,10,16H,3,7,9H2,1-2H3. The molecule has 4 heteroatoms. The SMILES string of the molecule is CCCn1ccc(CNc2ccc(Br)nc2C)c1. The van der Waals surface area contributed by atoms with E-state index in [-0.39, 0.29) is 0 Å². The van der Waals surface area contributed by atoms with Crippen molar-refractivity contribution < 1.29 is 0 Å². The van der Waals surface area contributed by atoms with Gasteiger partial charge in [0.05, 0.1) is 11.4 Å². The van der Waals surface area contributed by atoms with E-state index in [2.05, 4.69) is 62.2 Å². The first kappa shape index (κ1) is 13.1. The Morgan fingerprint density at radius 1 is 1.33 bits per heavy atom. The summed E-state index contributed by atoms with van der Waals surface area (Å²) in [6.45, 7) is 6.11. The number of aryl methyl sites for hydroxylation is 2. The molecule has 18 heavy (non-hydrogen) atoms. The average Bonchev–Trinajstić information content (AvgIpc) is 2.76. The van der Waals surface area contributed by atoms with Gasteiger partial charge in [-0.15, -0.1) is 0 Å². The van der Waals surface area contributed by atoms with Crippen molar-refractivity contribution in [2.75, 3.05) is 5.32 Å². The third-order valence-electron chi connectivity index (χ3n) is 2.83. The number of aromatic nitrogens is 2. The lowest BCUT2D eigenvalue weighted by molar-refractivity contribution is 0.681. The van der Waals surface area contributed by atoms with Gasteiger partial charge < -0.3 is 9.88 Å². The quantitative estimate of drug-likeness (QED) is 0.847. The highest BCUT2D eigenvalue weighted by Crippen LogP contribution is 2.17. The van der Waals surface area contributed by atoms with E-state index >= 15 is 0 Å². The minimum Gasteiger partial charge on any atom is -0.379 e. The molecule has 96 valence electrons. The maximum atomic E-state index is 4.37. The highest BCUT2D eigenvalue weighted by Gasteiger charge is 2.01. The number of halogens is 1. The van der Waals surface area contributed by atoms with Crippen LogP contribution in [0.5, 0.6) is 0 Å². The number of nitrogens with zero attached hydrogens (tertiary/aromatic N) is 2. The maximum absolute atomic E-state index is 4.37. The molecule has 0 bridgehead atoms. The molecule has 0 aliphatic heterocycles. The van der Waals surface area contributed by atoms with Crippen LogP contribution in [0.15, 0.2) is 35.2 Å². The van der Waals surface area contributed by atoms with E-state index in [1.807, 2.05) is 13.0 Å². The third kappa shape index (κ3) is 3.35. The smallest absolute Gasteiger partial charge is 0.106 e. The normalized spacial score (nSPS) is 10.6. The summed E-state index contributed by atoms with van der Waals surface area (Å²) in [6, 6.07) is 6.16. The fraction of sp³-hybridized carbons (Fsp3) is 0.357. The molecule has 0 saturated heterocycles. The van der Waals surface area contributed by atoms with Crippen LogP contribution < -0.4 is 5.32 Å². The van der Waals surface area contributed by atoms with Crippen LogP contribution in [0.3, 0.4) is 0 Å². The summed E-state index contributed by atoms with van der Waals surface area (Å²) in [5.74, 6) is 0. The molecule has 2 aromatic rings. The van der Waals surface area contributed by atoms with E-state index in [4.69, 9.17) is 0 Å². The van der Waals surface area contributed by atoms with E-state index in [0.29, 0.717) is 0 Å². The van der Waals surface area contributed by atoms with Crippen LogP contribution in [0.2, 0.25) is 0 Å². The summed E-state index contributed by atoms with van der Waals surface area (Å²) in [7, 11) is 0. The number of rotatable bonds is 5. The molecular formula is C14H18BrN3. The van der Waals surface area contributed by atoms with Crippen LogP contribution >= 0.6 is 15.9 Å². The maximum Gasteiger partial charge on any atom is 0.106 e. The first-order chi connectivity index (χ1) is 8.69. The Labute approximate surface area is 116 Å². The van der Waals surface area contributed by atoms with Gasteiger partial charge in [-0.2, -0.15) is 0 Å². The Kier molecular flexibility index (Phi) is 4.42. The predicted molar refractivity (Wildman–Crippen MR) is 78.7 cm³/mol. The lowest BCUT2D eigenvalue weighted by Gasteiger charge is -2.08. The van der Waals surface area contributed by atoms with Crippen LogP contribution in [-0.4, -0.2) is 9.55 Å². The number of anilines is 1.